The molecule has 100 valence electrons. The lowest BCUT2D eigenvalue weighted by Crippen LogP contribution is -2.18. The van der Waals surface area contributed by atoms with E-state index < -0.39 is 0 Å². The average Bonchev–Trinajstić information content (AvgIpc) is 2.47. The maximum Gasteiger partial charge on any atom is 0.119 e. The van der Waals surface area contributed by atoms with Crippen LogP contribution in [0.5, 0.6) is 5.75 Å². The number of ether oxygens (including phenoxy) is 1. The summed E-state index contributed by atoms with van der Waals surface area (Å²) >= 11 is 0. The van der Waals surface area contributed by atoms with E-state index in [-0.39, 0.29) is 0 Å². The van der Waals surface area contributed by atoms with Crippen LogP contribution in [0, 0.1) is 0 Å². The van der Waals surface area contributed by atoms with Crippen LogP contribution in [0.3, 0.4) is 0 Å². The molecule has 1 unspecified atom stereocenters. The predicted octanol–water partition coefficient (Wildman–Crippen LogP) is 3.33. The third-order valence-corrected chi connectivity index (χ3v) is 3.03. The number of nitrogens with one attached hydrogen (secondary N) is 1. The molecular formula is C16H20N2O. The normalized spacial score (nSPS) is 12.1. The van der Waals surface area contributed by atoms with Crippen LogP contribution in [0.4, 0.5) is 0 Å². The number of aromatic nitrogens is 1. The topological polar surface area (TPSA) is 34.1 Å². The van der Waals surface area contributed by atoms with Gasteiger partial charge in [0.15, 0.2) is 0 Å². The van der Waals surface area contributed by atoms with Crippen LogP contribution in [0.2, 0.25) is 0 Å². The van der Waals surface area contributed by atoms with Crippen LogP contribution in [0.15, 0.2) is 48.8 Å². The van der Waals surface area contributed by atoms with E-state index >= 15 is 0 Å². The molecule has 1 atom stereocenters. The highest BCUT2D eigenvalue weighted by Gasteiger charge is 2.05. The number of rotatable bonds is 6. The van der Waals surface area contributed by atoms with Crippen LogP contribution in [-0.4, -0.2) is 11.6 Å². The number of nitrogens with zero attached hydrogens (tertiary/aromatic N) is 1. The molecule has 1 aromatic heterocycles. The second-order valence-electron chi connectivity index (χ2n) is 4.47. The van der Waals surface area contributed by atoms with Crippen molar-refractivity contribution < 1.29 is 4.74 Å². The van der Waals surface area contributed by atoms with Gasteiger partial charge in [-0.1, -0.05) is 18.2 Å². The fourth-order valence-electron chi connectivity index (χ4n) is 1.91. The molecule has 0 aliphatic heterocycles. The Bertz CT molecular complexity index is 482. The van der Waals surface area contributed by atoms with Crippen LogP contribution >= 0.6 is 0 Å². The van der Waals surface area contributed by atoms with Gasteiger partial charge in [-0.2, -0.15) is 0 Å². The zero-order valence-electron chi connectivity index (χ0n) is 11.5. The molecule has 3 nitrogen and oxygen atoms in total. The van der Waals surface area contributed by atoms with E-state index in [4.69, 9.17) is 4.74 Å². The minimum atomic E-state index is 0.302. The molecule has 0 aliphatic rings. The molecule has 1 N–H and O–H groups in total. The Morgan fingerprint density at radius 3 is 2.63 bits per heavy atom. The van der Waals surface area contributed by atoms with E-state index in [0.717, 1.165) is 12.3 Å². The molecule has 0 aliphatic carbocycles. The standard InChI is InChI=1S/C16H20N2O/c1-3-19-16-8-6-15(7-9-16)13(2)18-12-14-5-4-10-17-11-14/h4-11,13,18H,3,12H2,1-2H3. The van der Waals surface area contributed by atoms with Gasteiger partial charge in [-0.05, 0) is 43.2 Å². The fraction of sp³-hybridized carbons (Fsp3) is 0.312. The highest BCUT2D eigenvalue weighted by Crippen LogP contribution is 2.17. The lowest BCUT2D eigenvalue weighted by molar-refractivity contribution is 0.340. The van der Waals surface area contributed by atoms with Crippen molar-refractivity contribution in [3.63, 3.8) is 0 Å². The van der Waals surface area contributed by atoms with Crippen LogP contribution in [0.1, 0.15) is 31.0 Å². The fourth-order valence-corrected chi connectivity index (χ4v) is 1.91. The van der Waals surface area contributed by atoms with Crippen molar-refractivity contribution in [2.24, 2.45) is 0 Å². The molecule has 1 heterocycles. The number of hydrogen-bond donors (Lipinski definition) is 1. The summed E-state index contributed by atoms with van der Waals surface area (Å²) in [4.78, 5) is 4.11. The van der Waals surface area contributed by atoms with Gasteiger partial charge in [0.2, 0.25) is 0 Å². The Morgan fingerprint density at radius 1 is 1.21 bits per heavy atom. The predicted molar refractivity (Wildman–Crippen MR) is 77.1 cm³/mol. The van der Waals surface area contributed by atoms with Crippen molar-refractivity contribution in [1.82, 2.24) is 10.3 Å². The van der Waals surface area contributed by atoms with Crippen molar-refractivity contribution in [2.75, 3.05) is 6.61 Å². The maximum atomic E-state index is 5.44. The van der Waals surface area contributed by atoms with Gasteiger partial charge >= 0.3 is 0 Å². The summed E-state index contributed by atoms with van der Waals surface area (Å²) < 4.78 is 5.44. The zero-order valence-corrected chi connectivity index (χ0v) is 11.5. The lowest BCUT2D eigenvalue weighted by atomic mass is 10.1. The molecule has 0 saturated heterocycles. The Kier molecular flexibility index (Phi) is 4.93. The number of benzene rings is 1. The summed E-state index contributed by atoms with van der Waals surface area (Å²) in [5.74, 6) is 0.922. The molecule has 2 aromatic rings. The van der Waals surface area contributed by atoms with Gasteiger partial charge in [0.25, 0.3) is 0 Å². The summed E-state index contributed by atoms with van der Waals surface area (Å²) in [6.07, 6.45) is 3.68. The lowest BCUT2D eigenvalue weighted by Gasteiger charge is -2.14. The van der Waals surface area contributed by atoms with E-state index in [1.807, 2.05) is 31.3 Å². The molecule has 2 rings (SSSR count). The van der Waals surface area contributed by atoms with E-state index in [0.29, 0.717) is 12.6 Å². The van der Waals surface area contributed by atoms with Crippen molar-refractivity contribution in [2.45, 2.75) is 26.4 Å². The molecule has 0 spiro atoms. The first-order valence-electron chi connectivity index (χ1n) is 6.64. The molecule has 0 fully saturated rings. The SMILES string of the molecule is CCOc1ccc(C(C)NCc2cccnc2)cc1. The van der Waals surface area contributed by atoms with E-state index in [1.54, 1.807) is 6.20 Å². The third-order valence-electron chi connectivity index (χ3n) is 3.03. The molecule has 0 saturated carbocycles. The summed E-state index contributed by atoms with van der Waals surface area (Å²) in [6, 6.07) is 12.6. The van der Waals surface area contributed by atoms with Gasteiger partial charge in [-0.15, -0.1) is 0 Å². The maximum absolute atomic E-state index is 5.44. The molecule has 0 amide bonds. The first kappa shape index (κ1) is 13.6. The van der Waals surface area contributed by atoms with E-state index in [9.17, 15) is 0 Å². The van der Waals surface area contributed by atoms with Gasteiger partial charge in [0.1, 0.15) is 5.75 Å². The van der Waals surface area contributed by atoms with Crippen molar-refractivity contribution in [1.29, 1.82) is 0 Å². The Hall–Kier alpha value is -1.87. The summed E-state index contributed by atoms with van der Waals surface area (Å²) in [6.45, 7) is 5.68. The smallest absolute Gasteiger partial charge is 0.119 e. The van der Waals surface area contributed by atoms with Gasteiger partial charge in [0.05, 0.1) is 6.61 Å². The van der Waals surface area contributed by atoms with Crippen LogP contribution in [0.25, 0.3) is 0 Å². The number of hydrogen-bond acceptors (Lipinski definition) is 3. The monoisotopic (exact) mass is 256 g/mol. The van der Waals surface area contributed by atoms with Gasteiger partial charge in [0, 0.05) is 25.0 Å². The highest BCUT2D eigenvalue weighted by molar-refractivity contribution is 5.29. The second kappa shape index (κ2) is 6.90. The van der Waals surface area contributed by atoms with Crippen molar-refractivity contribution in [3.8, 4) is 5.75 Å². The minimum Gasteiger partial charge on any atom is -0.494 e. The molecule has 0 radical (unpaired) electrons. The highest BCUT2D eigenvalue weighted by atomic mass is 16.5. The summed E-state index contributed by atoms with van der Waals surface area (Å²) in [5.41, 5.74) is 2.45. The zero-order chi connectivity index (χ0) is 13.5. The molecule has 19 heavy (non-hydrogen) atoms. The third kappa shape index (κ3) is 4.07. The Morgan fingerprint density at radius 2 is 2.00 bits per heavy atom. The minimum absolute atomic E-state index is 0.302. The van der Waals surface area contributed by atoms with E-state index in [1.165, 1.54) is 11.1 Å². The van der Waals surface area contributed by atoms with Crippen molar-refractivity contribution in [3.05, 3.63) is 59.9 Å². The second-order valence-corrected chi connectivity index (χ2v) is 4.47. The van der Waals surface area contributed by atoms with Gasteiger partial charge < -0.3 is 10.1 Å². The molecule has 1 aromatic carbocycles. The van der Waals surface area contributed by atoms with Crippen molar-refractivity contribution >= 4 is 0 Å². The first-order chi connectivity index (χ1) is 9.29. The van der Waals surface area contributed by atoms with Crippen LogP contribution in [-0.2, 0) is 6.54 Å². The number of pyridine rings is 1. The van der Waals surface area contributed by atoms with E-state index in [2.05, 4.69) is 35.4 Å². The Balaban J connectivity index is 1.90. The largest absolute Gasteiger partial charge is 0.494 e. The quantitative estimate of drug-likeness (QED) is 0.860. The van der Waals surface area contributed by atoms with Gasteiger partial charge in [-0.3, -0.25) is 4.98 Å². The molecule has 0 bridgehead atoms. The first-order valence-corrected chi connectivity index (χ1v) is 6.64. The van der Waals surface area contributed by atoms with Crippen LogP contribution < -0.4 is 10.1 Å². The molecule has 3 heteroatoms. The van der Waals surface area contributed by atoms with Gasteiger partial charge in [-0.25, -0.2) is 0 Å². The Labute approximate surface area is 114 Å². The average molecular weight is 256 g/mol. The summed E-state index contributed by atoms with van der Waals surface area (Å²) in [5, 5.41) is 3.49. The summed E-state index contributed by atoms with van der Waals surface area (Å²) in [7, 11) is 0. The molecular weight excluding hydrogens is 236 g/mol.